The van der Waals surface area contributed by atoms with Crippen LogP contribution in [0.15, 0.2) is 42.5 Å². The maximum absolute atomic E-state index is 13.8. The minimum atomic E-state index is -0.277. The van der Waals surface area contributed by atoms with E-state index in [0.29, 0.717) is 10.6 Å². The maximum atomic E-state index is 13.8. The van der Waals surface area contributed by atoms with E-state index < -0.39 is 0 Å². The zero-order valence-electron chi connectivity index (χ0n) is 8.38. The first kappa shape index (κ1) is 11.4. The van der Waals surface area contributed by atoms with E-state index in [4.69, 9.17) is 23.2 Å². The predicted molar refractivity (Wildman–Crippen MR) is 66.4 cm³/mol. The third-order valence-corrected chi connectivity index (χ3v) is 2.88. The quantitative estimate of drug-likeness (QED) is 0.670. The molecule has 16 heavy (non-hydrogen) atoms. The Morgan fingerprint density at radius 1 is 1.06 bits per heavy atom. The maximum Gasteiger partial charge on any atom is 0.131 e. The summed E-state index contributed by atoms with van der Waals surface area (Å²) in [5.41, 5.74) is 2.05. The average molecular weight is 255 g/mol. The molecule has 2 aromatic rings. The van der Waals surface area contributed by atoms with Crippen LogP contribution in [-0.4, -0.2) is 0 Å². The first-order valence-corrected chi connectivity index (χ1v) is 5.73. The molecule has 0 saturated carbocycles. The number of rotatable bonds is 2. The minimum Gasteiger partial charge on any atom is -0.206 e. The van der Waals surface area contributed by atoms with Gasteiger partial charge < -0.3 is 0 Å². The molecule has 0 unspecified atom stereocenters. The van der Waals surface area contributed by atoms with E-state index in [0.717, 1.165) is 11.1 Å². The number of hydrogen-bond donors (Lipinski definition) is 0. The summed E-state index contributed by atoms with van der Waals surface area (Å²) in [7, 11) is 0. The smallest absolute Gasteiger partial charge is 0.131 e. The van der Waals surface area contributed by atoms with E-state index in [2.05, 4.69) is 0 Å². The lowest BCUT2D eigenvalue weighted by Crippen LogP contribution is -1.90. The molecular weight excluding hydrogens is 246 g/mol. The van der Waals surface area contributed by atoms with E-state index in [9.17, 15) is 4.39 Å². The number of alkyl halides is 1. The van der Waals surface area contributed by atoms with Crippen LogP contribution in [0.25, 0.3) is 11.1 Å². The Kier molecular flexibility index (Phi) is 3.47. The summed E-state index contributed by atoms with van der Waals surface area (Å²) in [5, 5.41) is 0.585. The SMILES string of the molecule is Fc1cccc(CCl)c1-c1cccc(Cl)c1. The molecule has 0 aromatic heterocycles. The molecule has 0 aliphatic carbocycles. The Hall–Kier alpha value is -1.05. The molecule has 0 amide bonds. The molecule has 0 bridgehead atoms. The lowest BCUT2D eigenvalue weighted by atomic mass is 10.00. The van der Waals surface area contributed by atoms with E-state index in [-0.39, 0.29) is 11.7 Å². The normalized spacial score (nSPS) is 10.4. The zero-order chi connectivity index (χ0) is 11.5. The number of hydrogen-bond acceptors (Lipinski definition) is 0. The highest BCUT2D eigenvalue weighted by molar-refractivity contribution is 6.30. The van der Waals surface area contributed by atoms with Gasteiger partial charge in [-0.3, -0.25) is 0 Å². The second kappa shape index (κ2) is 4.86. The molecule has 0 N–H and O–H groups in total. The fraction of sp³-hybridized carbons (Fsp3) is 0.0769. The highest BCUT2D eigenvalue weighted by Crippen LogP contribution is 2.29. The molecule has 0 nitrogen and oxygen atoms in total. The van der Waals surface area contributed by atoms with Crippen molar-refractivity contribution in [3.05, 3.63) is 58.9 Å². The summed E-state index contributed by atoms with van der Waals surface area (Å²) >= 11 is 11.7. The molecule has 0 fully saturated rings. The summed E-state index contributed by atoms with van der Waals surface area (Å²) in [6.45, 7) is 0. The molecule has 2 aromatic carbocycles. The highest BCUT2D eigenvalue weighted by Gasteiger charge is 2.10. The topological polar surface area (TPSA) is 0 Å². The van der Waals surface area contributed by atoms with Crippen LogP contribution < -0.4 is 0 Å². The van der Waals surface area contributed by atoms with Crippen molar-refractivity contribution in [2.45, 2.75) is 5.88 Å². The largest absolute Gasteiger partial charge is 0.206 e. The monoisotopic (exact) mass is 254 g/mol. The molecule has 0 heterocycles. The molecule has 0 aliphatic heterocycles. The van der Waals surface area contributed by atoms with Gasteiger partial charge in [0.1, 0.15) is 5.82 Å². The molecule has 0 saturated heterocycles. The third-order valence-electron chi connectivity index (χ3n) is 2.36. The Morgan fingerprint density at radius 2 is 1.81 bits per heavy atom. The van der Waals surface area contributed by atoms with Gasteiger partial charge in [-0.2, -0.15) is 0 Å². The van der Waals surface area contributed by atoms with Crippen molar-refractivity contribution in [1.29, 1.82) is 0 Å². The first-order valence-electron chi connectivity index (χ1n) is 4.81. The van der Waals surface area contributed by atoms with Crippen LogP contribution in [0, 0.1) is 5.82 Å². The van der Waals surface area contributed by atoms with Crippen LogP contribution in [-0.2, 0) is 5.88 Å². The van der Waals surface area contributed by atoms with Gasteiger partial charge >= 0.3 is 0 Å². The average Bonchev–Trinajstić information content (AvgIpc) is 2.28. The first-order chi connectivity index (χ1) is 7.72. The highest BCUT2D eigenvalue weighted by atomic mass is 35.5. The Balaban J connectivity index is 2.63. The van der Waals surface area contributed by atoms with Gasteiger partial charge in [0, 0.05) is 16.5 Å². The lowest BCUT2D eigenvalue weighted by molar-refractivity contribution is 0.630. The Labute approximate surface area is 104 Å². The molecule has 82 valence electrons. The Bertz CT molecular complexity index is 509. The molecule has 0 radical (unpaired) electrons. The Morgan fingerprint density at radius 3 is 2.50 bits per heavy atom. The van der Waals surface area contributed by atoms with Crippen LogP contribution >= 0.6 is 23.2 Å². The van der Waals surface area contributed by atoms with Crippen LogP contribution in [0.1, 0.15) is 5.56 Å². The van der Waals surface area contributed by atoms with E-state index in [1.165, 1.54) is 6.07 Å². The van der Waals surface area contributed by atoms with E-state index in [1.807, 2.05) is 12.1 Å². The molecule has 2 rings (SSSR count). The van der Waals surface area contributed by atoms with E-state index >= 15 is 0 Å². The van der Waals surface area contributed by atoms with Gasteiger partial charge in [0.2, 0.25) is 0 Å². The van der Waals surface area contributed by atoms with Gasteiger partial charge in [0.05, 0.1) is 0 Å². The predicted octanol–water partition coefficient (Wildman–Crippen LogP) is 4.88. The molecule has 3 heteroatoms. The minimum absolute atomic E-state index is 0.277. The van der Waals surface area contributed by atoms with Crippen LogP contribution in [0.3, 0.4) is 0 Å². The van der Waals surface area contributed by atoms with Gasteiger partial charge in [0.15, 0.2) is 0 Å². The van der Waals surface area contributed by atoms with Crippen molar-refractivity contribution < 1.29 is 4.39 Å². The number of halogens is 3. The van der Waals surface area contributed by atoms with Crippen molar-refractivity contribution in [3.8, 4) is 11.1 Å². The van der Waals surface area contributed by atoms with Crippen molar-refractivity contribution in [2.75, 3.05) is 0 Å². The van der Waals surface area contributed by atoms with E-state index in [1.54, 1.807) is 24.3 Å². The van der Waals surface area contributed by atoms with Crippen LogP contribution in [0.2, 0.25) is 5.02 Å². The number of benzene rings is 2. The van der Waals surface area contributed by atoms with Crippen molar-refractivity contribution in [2.24, 2.45) is 0 Å². The summed E-state index contributed by atoms with van der Waals surface area (Å²) < 4.78 is 13.8. The van der Waals surface area contributed by atoms with Gasteiger partial charge in [-0.25, -0.2) is 4.39 Å². The van der Waals surface area contributed by atoms with Crippen molar-refractivity contribution in [1.82, 2.24) is 0 Å². The summed E-state index contributed by atoms with van der Waals surface area (Å²) in [5.74, 6) is -0.00000441. The van der Waals surface area contributed by atoms with Crippen molar-refractivity contribution in [3.63, 3.8) is 0 Å². The zero-order valence-corrected chi connectivity index (χ0v) is 9.89. The van der Waals surface area contributed by atoms with Gasteiger partial charge in [-0.05, 0) is 29.3 Å². The molecular formula is C13H9Cl2F. The standard InChI is InChI=1S/C13H9Cl2F/c14-8-10-4-2-6-12(16)13(10)9-3-1-5-11(15)7-9/h1-7H,8H2. The van der Waals surface area contributed by atoms with Gasteiger partial charge in [-0.1, -0.05) is 35.9 Å². The molecule has 0 spiro atoms. The summed E-state index contributed by atoms with van der Waals surface area (Å²) in [4.78, 5) is 0. The van der Waals surface area contributed by atoms with Gasteiger partial charge in [0.25, 0.3) is 0 Å². The summed E-state index contributed by atoms with van der Waals surface area (Å²) in [6.07, 6.45) is 0. The third kappa shape index (κ3) is 2.21. The second-order valence-corrected chi connectivity index (χ2v) is 4.12. The summed E-state index contributed by atoms with van der Waals surface area (Å²) in [6, 6.07) is 12.0. The van der Waals surface area contributed by atoms with Crippen molar-refractivity contribution >= 4 is 23.2 Å². The fourth-order valence-corrected chi connectivity index (χ4v) is 2.06. The van der Waals surface area contributed by atoms with Gasteiger partial charge in [-0.15, -0.1) is 11.6 Å². The molecule has 0 aliphatic rings. The van der Waals surface area contributed by atoms with Crippen LogP contribution in [0.5, 0.6) is 0 Å². The fourth-order valence-electron chi connectivity index (χ4n) is 1.65. The lowest BCUT2D eigenvalue weighted by Gasteiger charge is -2.08. The van der Waals surface area contributed by atoms with Crippen LogP contribution in [0.4, 0.5) is 4.39 Å². The molecule has 0 atom stereocenters. The second-order valence-electron chi connectivity index (χ2n) is 3.42.